The van der Waals surface area contributed by atoms with Crippen LogP contribution in [0, 0.1) is 12.3 Å². The molecule has 5 nitrogen and oxygen atoms in total. The molecule has 5 heteroatoms. The number of para-hydroxylation sites is 1. The molecule has 0 aliphatic carbocycles. The SMILES string of the molecule is Cc1ccccc1N1CN(C(C)(C)C)c2[nH]ncc2C1=N. The zero-order valence-corrected chi connectivity index (χ0v) is 12.9. The third kappa shape index (κ3) is 2.18. The van der Waals surface area contributed by atoms with E-state index < -0.39 is 0 Å². The minimum Gasteiger partial charge on any atom is -0.333 e. The van der Waals surface area contributed by atoms with Crippen molar-refractivity contribution in [3.05, 3.63) is 41.6 Å². The van der Waals surface area contributed by atoms with Gasteiger partial charge in [0.05, 0.1) is 18.4 Å². The van der Waals surface area contributed by atoms with Crippen LogP contribution in [0.25, 0.3) is 0 Å². The van der Waals surface area contributed by atoms with E-state index in [1.54, 1.807) is 6.20 Å². The molecule has 21 heavy (non-hydrogen) atoms. The lowest BCUT2D eigenvalue weighted by atomic mass is 10.0. The van der Waals surface area contributed by atoms with Crippen LogP contribution in [0.5, 0.6) is 0 Å². The third-order valence-electron chi connectivity index (χ3n) is 3.91. The predicted octanol–water partition coefficient (Wildman–Crippen LogP) is 3.13. The lowest BCUT2D eigenvalue weighted by molar-refractivity contribution is 0.498. The first-order chi connectivity index (χ1) is 9.89. The molecule has 0 unspecified atom stereocenters. The molecule has 110 valence electrons. The molecule has 1 aliphatic heterocycles. The van der Waals surface area contributed by atoms with Gasteiger partial charge in [0.2, 0.25) is 0 Å². The number of H-pyrrole nitrogens is 1. The minimum atomic E-state index is -0.0527. The summed E-state index contributed by atoms with van der Waals surface area (Å²) in [5.74, 6) is 1.42. The summed E-state index contributed by atoms with van der Waals surface area (Å²) in [6.45, 7) is 9.23. The van der Waals surface area contributed by atoms with Crippen molar-refractivity contribution in [3.63, 3.8) is 0 Å². The van der Waals surface area contributed by atoms with Crippen molar-refractivity contribution < 1.29 is 0 Å². The number of hydrogen-bond donors (Lipinski definition) is 2. The van der Waals surface area contributed by atoms with Crippen LogP contribution >= 0.6 is 0 Å². The Labute approximate surface area is 125 Å². The van der Waals surface area contributed by atoms with Crippen LogP contribution in [0.3, 0.4) is 0 Å². The van der Waals surface area contributed by atoms with Gasteiger partial charge in [0.25, 0.3) is 0 Å². The first kappa shape index (κ1) is 13.7. The molecular formula is C16H21N5. The number of rotatable bonds is 1. The maximum Gasteiger partial charge on any atom is 0.139 e. The average Bonchev–Trinajstić information content (AvgIpc) is 2.88. The molecule has 1 aromatic carbocycles. The molecule has 0 bridgehead atoms. The van der Waals surface area contributed by atoms with Crippen molar-refractivity contribution in [3.8, 4) is 0 Å². The van der Waals surface area contributed by atoms with Gasteiger partial charge >= 0.3 is 0 Å². The fraction of sp³-hybridized carbons (Fsp3) is 0.375. The van der Waals surface area contributed by atoms with Gasteiger partial charge < -0.3 is 9.80 Å². The topological polar surface area (TPSA) is 59.0 Å². The van der Waals surface area contributed by atoms with E-state index >= 15 is 0 Å². The van der Waals surface area contributed by atoms with Crippen molar-refractivity contribution in [1.82, 2.24) is 10.2 Å². The van der Waals surface area contributed by atoms with Crippen LogP contribution < -0.4 is 9.80 Å². The molecule has 0 saturated heterocycles. The Balaban J connectivity index is 2.10. The van der Waals surface area contributed by atoms with E-state index in [1.165, 1.54) is 5.56 Å². The molecule has 0 radical (unpaired) electrons. The van der Waals surface area contributed by atoms with Crippen molar-refractivity contribution in [2.45, 2.75) is 33.2 Å². The molecule has 0 amide bonds. The lowest BCUT2D eigenvalue weighted by Crippen LogP contribution is -2.54. The molecule has 0 atom stereocenters. The Morgan fingerprint density at radius 2 is 1.95 bits per heavy atom. The van der Waals surface area contributed by atoms with Crippen molar-refractivity contribution in [1.29, 1.82) is 5.41 Å². The minimum absolute atomic E-state index is 0.0527. The maximum atomic E-state index is 8.51. The third-order valence-corrected chi connectivity index (χ3v) is 3.91. The zero-order valence-electron chi connectivity index (χ0n) is 12.9. The number of nitrogens with one attached hydrogen (secondary N) is 2. The van der Waals surface area contributed by atoms with Gasteiger partial charge in [-0.3, -0.25) is 10.5 Å². The largest absolute Gasteiger partial charge is 0.333 e. The van der Waals surface area contributed by atoms with E-state index in [9.17, 15) is 0 Å². The first-order valence-corrected chi connectivity index (χ1v) is 7.12. The number of amidine groups is 1. The summed E-state index contributed by atoms with van der Waals surface area (Å²) in [7, 11) is 0. The highest BCUT2D eigenvalue weighted by Crippen LogP contribution is 2.33. The van der Waals surface area contributed by atoms with Crippen LogP contribution in [-0.4, -0.2) is 28.2 Å². The number of aryl methyl sites for hydroxylation is 1. The van der Waals surface area contributed by atoms with Crippen molar-refractivity contribution >= 4 is 17.3 Å². The van der Waals surface area contributed by atoms with Gasteiger partial charge in [-0.15, -0.1) is 0 Å². The molecule has 0 spiro atoms. The van der Waals surface area contributed by atoms with Gasteiger partial charge in [-0.2, -0.15) is 5.10 Å². The average molecular weight is 283 g/mol. The van der Waals surface area contributed by atoms with Gasteiger partial charge in [-0.1, -0.05) is 18.2 Å². The van der Waals surface area contributed by atoms with Crippen LogP contribution in [0.2, 0.25) is 0 Å². The molecule has 0 fully saturated rings. The smallest absolute Gasteiger partial charge is 0.139 e. The number of fused-ring (bicyclic) bond motifs is 1. The van der Waals surface area contributed by atoms with E-state index in [0.717, 1.165) is 17.1 Å². The van der Waals surface area contributed by atoms with E-state index in [1.807, 2.05) is 17.0 Å². The maximum absolute atomic E-state index is 8.51. The Morgan fingerprint density at radius 1 is 1.24 bits per heavy atom. The zero-order chi connectivity index (χ0) is 15.2. The number of anilines is 2. The number of hydrogen-bond acceptors (Lipinski definition) is 3. The fourth-order valence-electron chi connectivity index (χ4n) is 2.70. The number of nitrogens with zero attached hydrogens (tertiary/aromatic N) is 3. The monoisotopic (exact) mass is 283 g/mol. The molecule has 2 heterocycles. The summed E-state index contributed by atoms with van der Waals surface area (Å²) < 4.78 is 0. The van der Waals surface area contributed by atoms with Crippen LogP contribution in [0.1, 0.15) is 31.9 Å². The van der Waals surface area contributed by atoms with Gasteiger partial charge in [0.1, 0.15) is 11.7 Å². The molecule has 0 saturated carbocycles. The van der Waals surface area contributed by atoms with Gasteiger partial charge in [0, 0.05) is 11.2 Å². The molecule has 1 aromatic heterocycles. The summed E-state index contributed by atoms with van der Waals surface area (Å²) in [5, 5.41) is 15.7. The first-order valence-electron chi connectivity index (χ1n) is 7.12. The van der Waals surface area contributed by atoms with Crippen molar-refractivity contribution in [2.24, 2.45) is 0 Å². The summed E-state index contributed by atoms with van der Waals surface area (Å²) in [5.41, 5.74) is 3.04. The van der Waals surface area contributed by atoms with E-state index in [4.69, 9.17) is 5.41 Å². The van der Waals surface area contributed by atoms with E-state index in [2.05, 4.69) is 54.9 Å². The molecule has 2 aromatic rings. The Bertz CT molecular complexity index is 680. The second-order valence-electron chi connectivity index (χ2n) is 6.44. The Kier molecular flexibility index (Phi) is 3.01. The van der Waals surface area contributed by atoms with Crippen molar-refractivity contribution in [2.75, 3.05) is 16.5 Å². The summed E-state index contributed by atoms with van der Waals surface area (Å²) in [4.78, 5) is 4.29. The fourth-order valence-corrected chi connectivity index (χ4v) is 2.70. The molecule has 2 N–H and O–H groups in total. The molecule has 3 rings (SSSR count). The lowest BCUT2D eigenvalue weighted by Gasteiger charge is -2.44. The summed E-state index contributed by atoms with van der Waals surface area (Å²) in [6.07, 6.45) is 1.74. The highest BCUT2D eigenvalue weighted by molar-refractivity contribution is 6.13. The van der Waals surface area contributed by atoms with Crippen LogP contribution in [-0.2, 0) is 0 Å². The normalized spacial score (nSPS) is 15.3. The Hall–Kier alpha value is -2.30. The number of aromatic amines is 1. The predicted molar refractivity (Wildman–Crippen MR) is 86.2 cm³/mol. The van der Waals surface area contributed by atoms with E-state index in [0.29, 0.717) is 12.5 Å². The number of benzene rings is 1. The van der Waals surface area contributed by atoms with Gasteiger partial charge in [-0.25, -0.2) is 0 Å². The molecular weight excluding hydrogens is 262 g/mol. The van der Waals surface area contributed by atoms with Crippen LogP contribution in [0.15, 0.2) is 30.5 Å². The number of aromatic nitrogens is 2. The Morgan fingerprint density at radius 3 is 2.62 bits per heavy atom. The van der Waals surface area contributed by atoms with E-state index in [-0.39, 0.29) is 5.54 Å². The standard InChI is InChI=1S/C16H21N5/c1-11-7-5-6-8-13(11)20-10-21(16(2,3)4)15-12(14(20)17)9-18-19-15/h5-9,17H,10H2,1-4H3,(H,18,19). The second kappa shape index (κ2) is 4.62. The van der Waals surface area contributed by atoms with Crippen LogP contribution in [0.4, 0.5) is 11.5 Å². The second-order valence-corrected chi connectivity index (χ2v) is 6.44. The van der Waals surface area contributed by atoms with Gasteiger partial charge in [-0.05, 0) is 39.3 Å². The highest BCUT2D eigenvalue weighted by Gasteiger charge is 2.35. The summed E-state index contributed by atoms with van der Waals surface area (Å²) >= 11 is 0. The highest BCUT2D eigenvalue weighted by atomic mass is 15.4. The molecule has 1 aliphatic rings. The summed E-state index contributed by atoms with van der Waals surface area (Å²) in [6, 6.07) is 8.18. The quantitative estimate of drug-likeness (QED) is 0.845. The van der Waals surface area contributed by atoms with Gasteiger partial charge in [0.15, 0.2) is 0 Å².